The molecule has 11 nitrogen and oxygen atoms in total. The molecular formula is C26H28N8O3. The number of nitrogens with zero attached hydrogens (tertiary/aromatic N) is 6. The van der Waals surface area contributed by atoms with Gasteiger partial charge in [0.15, 0.2) is 5.82 Å². The summed E-state index contributed by atoms with van der Waals surface area (Å²) in [7, 11) is 1.82. The first-order valence-corrected chi connectivity index (χ1v) is 11.5. The minimum atomic E-state index is -1.10. The van der Waals surface area contributed by atoms with Crippen molar-refractivity contribution in [2.75, 3.05) is 10.6 Å². The average Bonchev–Trinajstić information content (AvgIpc) is 3.23. The molecular weight excluding hydrogens is 472 g/mol. The minimum absolute atomic E-state index is 0.0218. The number of anilines is 3. The van der Waals surface area contributed by atoms with E-state index in [9.17, 15) is 9.90 Å². The van der Waals surface area contributed by atoms with Gasteiger partial charge in [-0.15, -0.1) is 10.2 Å². The third-order valence-electron chi connectivity index (χ3n) is 5.32. The van der Waals surface area contributed by atoms with Crippen molar-refractivity contribution in [3.8, 4) is 5.75 Å². The van der Waals surface area contributed by atoms with Crippen LogP contribution in [-0.4, -0.2) is 48.1 Å². The van der Waals surface area contributed by atoms with Crippen LogP contribution < -0.4 is 15.4 Å². The van der Waals surface area contributed by atoms with E-state index in [2.05, 4.69) is 42.5 Å². The smallest absolute Gasteiger partial charge is 0.227 e. The zero-order chi connectivity index (χ0) is 26.6. The minimum Gasteiger partial charge on any atom is -0.439 e. The summed E-state index contributed by atoms with van der Waals surface area (Å²) >= 11 is 0. The number of nitrogens with one attached hydrogen (secondary N) is 2. The lowest BCUT2D eigenvalue weighted by Crippen LogP contribution is -2.27. The molecule has 0 aliphatic heterocycles. The van der Waals surface area contributed by atoms with E-state index in [1.165, 1.54) is 6.33 Å². The second-order valence-corrected chi connectivity index (χ2v) is 9.14. The third kappa shape index (κ3) is 6.53. The molecule has 190 valence electrons. The number of rotatable bonds is 9. The van der Waals surface area contributed by atoms with Crippen LogP contribution in [0.15, 0.2) is 59.9 Å². The topological polar surface area (TPSA) is 139 Å². The molecule has 0 unspecified atom stereocenters. The summed E-state index contributed by atoms with van der Waals surface area (Å²) < 4.78 is 7.67. The second-order valence-electron chi connectivity index (χ2n) is 9.14. The van der Waals surface area contributed by atoms with Gasteiger partial charge in [-0.2, -0.15) is 0 Å². The zero-order valence-corrected chi connectivity index (χ0v) is 21.1. The highest BCUT2D eigenvalue weighted by atomic mass is 16.5. The summed E-state index contributed by atoms with van der Waals surface area (Å²) in [5.41, 5.74) is 1.84. The van der Waals surface area contributed by atoms with E-state index < -0.39 is 5.60 Å². The number of hydrogen-bond donors (Lipinski definition) is 3. The Hall–Kier alpha value is -4.64. The lowest BCUT2D eigenvalue weighted by atomic mass is 10.1. The van der Waals surface area contributed by atoms with Crippen LogP contribution in [0, 0.1) is 6.92 Å². The number of amides is 1. The summed E-state index contributed by atoms with van der Waals surface area (Å²) in [5.74, 6) is 1.78. The molecule has 0 radical (unpaired) electrons. The van der Waals surface area contributed by atoms with Crippen LogP contribution in [0.2, 0.25) is 0 Å². The molecule has 4 rings (SSSR count). The first kappa shape index (κ1) is 25.5. The number of ether oxygens (including phenoxy) is 1. The number of aromatic nitrogens is 5. The van der Waals surface area contributed by atoms with Crippen molar-refractivity contribution >= 4 is 46.8 Å². The van der Waals surface area contributed by atoms with E-state index >= 15 is 0 Å². The number of carbonyl (C=O) groups is 1. The Morgan fingerprint density at radius 2 is 2.00 bits per heavy atom. The molecule has 37 heavy (non-hydrogen) atoms. The van der Waals surface area contributed by atoms with Crippen LogP contribution in [0.1, 0.15) is 31.7 Å². The van der Waals surface area contributed by atoms with Gasteiger partial charge in [0, 0.05) is 29.9 Å². The van der Waals surface area contributed by atoms with Crippen molar-refractivity contribution in [3.63, 3.8) is 0 Å². The highest BCUT2D eigenvalue weighted by Gasteiger charge is 2.18. The SMILES string of the molecule is C=N/C(=C\c1nncn1C)Oc1ccc(Nc2ncnc3ccc(NC(=O)CC(C)(C)O)cc23)cc1C. The highest BCUT2D eigenvalue weighted by Crippen LogP contribution is 2.29. The van der Waals surface area contributed by atoms with Crippen LogP contribution in [0.5, 0.6) is 5.75 Å². The fourth-order valence-electron chi connectivity index (χ4n) is 3.56. The van der Waals surface area contributed by atoms with Gasteiger partial charge in [-0.3, -0.25) is 4.79 Å². The Morgan fingerprint density at radius 3 is 2.68 bits per heavy atom. The Morgan fingerprint density at radius 1 is 1.22 bits per heavy atom. The predicted octanol–water partition coefficient (Wildman–Crippen LogP) is 3.99. The number of benzene rings is 2. The van der Waals surface area contributed by atoms with Gasteiger partial charge in [-0.1, -0.05) is 0 Å². The maximum absolute atomic E-state index is 12.3. The molecule has 2 aromatic carbocycles. The number of carbonyl (C=O) groups excluding carboxylic acids is 1. The van der Waals surface area contributed by atoms with Crippen LogP contribution in [0.4, 0.5) is 17.2 Å². The van der Waals surface area contributed by atoms with E-state index in [0.29, 0.717) is 34.5 Å². The second kappa shape index (κ2) is 10.5. The lowest BCUT2D eigenvalue weighted by Gasteiger charge is -2.16. The molecule has 4 aromatic rings. The Kier molecular flexibility index (Phi) is 7.25. The van der Waals surface area contributed by atoms with Crippen molar-refractivity contribution < 1.29 is 14.6 Å². The van der Waals surface area contributed by atoms with Crippen molar-refractivity contribution in [1.29, 1.82) is 0 Å². The fraction of sp³-hybridized carbons (Fsp3) is 0.231. The number of fused-ring (bicyclic) bond motifs is 1. The van der Waals surface area contributed by atoms with E-state index in [0.717, 1.165) is 16.6 Å². The first-order valence-electron chi connectivity index (χ1n) is 11.5. The average molecular weight is 501 g/mol. The van der Waals surface area contributed by atoms with E-state index in [-0.39, 0.29) is 12.3 Å². The number of aryl methyl sites for hydroxylation is 2. The van der Waals surface area contributed by atoms with Crippen LogP contribution in [0.3, 0.4) is 0 Å². The van der Waals surface area contributed by atoms with E-state index in [1.807, 2.05) is 32.2 Å². The molecule has 2 aromatic heterocycles. The van der Waals surface area contributed by atoms with Crippen molar-refractivity contribution in [3.05, 3.63) is 66.3 Å². The molecule has 0 fully saturated rings. The molecule has 0 aliphatic carbocycles. The molecule has 1 amide bonds. The standard InChI is InChI=1S/C26H28N8O3/c1-16-10-17(7-9-21(16)37-24(27-4)12-22-33-30-15-34(22)5)32-25-19-11-18(6-8-20(19)28-14-29-25)31-23(35)13-26(2,3)36/h6-12,14-15,36H,4,13H2,1-3,5H3,(H,31,35)(H,28,29,32)/b24-12+. The molecule has 0 bridgehead atoms. The summed E-state index contributed by atoms with van der Waals surface area (Å²) in [5, 5.41) is 24.6. The Labute approximate surface area is 214 Å². The summed E-state index contributed by atoms with van der Waals surface area (Å²) in [6.07, 6.45) is 4.69. The third-order valence-corrected chi connectivity index (χ3v) is 5.32. The van der Waals surface area contributed by atoms with Crippen molar-refractivity contribution in [1.82, 2.24) is 24.7 Å². The molecule has 11 heteroatoms. The Balaban J connectivity index is 1.54. The maximum Gasteiger partial charge on any atom is 0.227 e. The van der Waals surface area contributed by atoms with Gasteiger partial charge in [0.25, 0.3) is 0 Å². The van der Waals surface area contributed by atoms with Gasteiger partial charge in [0.05, 0.1) is 17.5 Å². The van der Waals surface area contributed by atoms with E-state index in [1.54, 1.807) is 49.0 Å². The molecule has 0 saturated heterocycles. The van der Waals surface area contributed by atoms with Crippen molar-refractivity contribution in [2.45, 2.75) is 32.8 Å². The lowest BCUT2D eigenvalue weighted by molar-refractivity contribution is -0.119. The molecule has 3 N–H and O–H groups in total. The van der Waals surface area contributed by atoms with Gasteiger partial charge in [-0.05, 0) is 69.5 Å². The van der Waals surface area contributed by atoms with Gasteiger partial charge in [-0.25, -0.2) is 15.0 Å². The normalized spacial score (nSPS) is 11.9. The first-order chi connectivity index (χ1) is 17.6. The van der Waals surface area contributed by atoms with Gasteiger partial charge in [0.1, 0.15) is 24.2 Å². The summed E-state index contributed by atoms with van der Waals surface area (Å²) in [6.45, 7) is 8.67. The maximum atomic E-state index is 12.3. The number of aliphatic imine (C=N–C) groups is 1. The number of hydrogen-bond acceptors (Lipinski definition) is 9. The predicted molar refractivity (Wildman–Crippen MR) is 143 cm³/mol. The molecule has 0 atom stereocenters. The monoisotopic (exact) mass is 500 g/mol. The summed E-state index contributed by atoms with van der Waals surface area (Å²) in [6, 6.07) is 11.0. The molecule has 0 spiro atoms. The molecule has 2 heterocycles. The quantitative estimate of drug-likeness (QED) is 0.232. The van der Waals surface area contributed by atoms with Gasteiger partial charge < -0.3 is 25.0 Å². The largest absolute Gasteiger partial charge is 0.439 e. The number of aliphatic hydroxyl groups is 1. The summed E-state index contributed by atoms with van der Waals surface area (Å²) in [4.78, 5) is 24.9. The Bertz CT molecular complexity index is 1490. The van der Waals surface area contributed by atoms with Crippen LogP contribution >= 0.6 is 0 Å². The van der Waals surface area contributed by atoms with Gasteiger partial charge in [0.2, 0.25) is 11.8 Å². The highest BCUT2D eigenvalue weighted by molar-refractivity contribution is 5.97. The molecule has 0 saturated carbocycles. The van der Waals surface area contributed by atoms with Crippen LogP contribution in [-0.2, 0) is 11.8 Å². The van der Waals surface area contributed by atoms with Gasteiger partial charge >= 0.3 is 0 Å². The zero-order valence-electron chi connectivity index (χ0n) is 21.1. The van der Waals surface area contributed by atoms with Crippen molar-refractivity contribution in [2.24, 2.45) is 12.0 Å². The van der Waals surface area contributed by atoms with E-state index in [4.69, 9.17) is 4.74 Å². The molecule has 0 aliphatic rings. The van der Waals surface area contributed by atoms with Crippen LogP contribution in [0.25, 0.3) is 17.0 Å². The fourth-order valence-corrected chi connectivity index (χ4v) is 3.56.